The number of hydrogen-bond acceptors (Lipinski definition) is 3. The molecule has 0 bridgehead atoms. The predicted octanol–water partition coefficient (Wildman–Crippen LogP) is 2.93. The fourth-order valence-electron chi connectivity index (χ4n) is 2.43. The molecule has 0 aromatic heterocycles. The molecule has 0 aliphatic heterocycles. The van der Waals surface area contributed by atoms with Gasteiger partial charge in [-0.3, -0.25) is 0 Å². The summed E-state index contributed by atoms with van der Waals surface area (Å²) in [4.78, 5) is 21.8. The maximum absolute atomic E-state index is 12.7. The van der Waals surface area contributed by atoms with Crippen molar-refractivity contribution >= 4 is 11.9 Å². The number of carboxylic acids is 1. The molecule has 0 saturated heterocycles. The van der Waals surface area contributed by atoms with Crippen LogP contribution in [-0.2, 0) is 14.3 Å². The summed E-state index contributed by atoms with van der Waals surface area (Å²) in [6.07, 6.45) is -3.22. The third-order valence-electron chi connectivity index (χ3n) is 3.69. The second-order valence-corrected chi connectivity index (χ2v) is 5.29. The zero-order valence-electron chi connectivity index (χ0n) is 11.2. The van der Waals surface area contributed by atoms with E-state index in [1.165, 1.54) is 0 Å². The molecule has 1 aliphatic carbocycles. The Kier molecular flexibility index (Phi) is 4.83. The first-order chi connectivity index (χ1) is 9.07. The Labute approximate surface area is 114 Å². The van der Waals surface area contributed by atoms with Crippen LogP contribution in [-0.4, -0.2) is 28.8 Å². The minimum Gasteiger partial charge on any atom is -0.478 e. The Hall–Kier alpha value is -1.53. The minimum absolute atomic E-state index is 0.0857. The maximum atomic E-state index is 12.7. The van der Waals surface area contributed by atoms with Gasteiger partial charge < -0.3 is 9.84 Å². The molecule has 0 radical (unpaired) electrons. The Balaban J connectivity index is 2.81. The van der Waals surface area contributed by atoms with Crippen molar-refractivity contribution in [2.45, 2.75) is 44.9 Å². The highest BCUT2D eigenvalue weighted by molar-refractivity contribution is 5.90. The molecule has 2 atom stereocenters. The molecular weight excluding hydrogens is 277 g/mol. The summed E-state index contributed by atoms with van der Waals surface area (Å²) in [6.45, 7) is 3.37. The normalized spacial score (nSPS) is 27.2. The van der Waals surface area contributed by atoms with Crippen LogP contribution in [0.1, 0.15) is 33.1 Å². The van der Waals surface area contributed by atoms with E-state index in [1.807, 2.05) is 0 Å². The van der Waals surface area contributed by atoms with Crippen molar-refractivity contribution in [3.05, 3.63) is 12.2 Å². The van der Waals surface area contributed by atoms with Gasteiger partial charge in [0.05, 0.1) is 5.92 Å². The van der Waals surface area contributed by atoms with Crippen LogP contribution in [0.2, 0.25) is 0 Å². The van der Waals surface area contributed by atoms with Gasteiger partial charge >= 0.3 is 18.1 Å². The van der Waals surface area contributed by atoms with Crippen molar-refractivity contribution in [1.82, 2.24) is 0 Å². The molecule has 1 N–H and O–H groups in total. The van der Waals surface area contributed by atoms with Crippen molar-refractivity contribution in [3.8, 4) is 0 Å². The standard InChI is InChI=1S/C13H17F3O4/c1-8(2)12(20-11(19)4-3-10(17)18)6-5-9(7-12)13(14,15)16/h3-4,8-9H,5-7H2,1-2H3,(H,17,18)/b4-3-. The van der Waals surface area contributed by atoms with Gasteiger partial charge in [-0.25, -0.2) is 9.59 Å². The molecule has 114 valence electrons. The SMILES string of the molecule is CC(C)C1(OC(=O)/C=C\C(=O)O)CCC(C(F)(F)F)C1. The number of hydrogen-bond donors (Lipinski definition) is 1. The van der Waals surface area contributed by atoms with E-state index >= 15 is 0 Å². The average molecular weight is 294 g/mol. The van der Waals surface area contributed by atoms with Gasteiger partial charge in [0, 0.05) is 12.2 Å². The highest BCUT2D eigenvalue weighted by Gasteiger charge is 2.53. The van der Waals surface area contributed by atoms with Gasteiger partial charge in [0.25, 0.3) is 0 Å². The summed E-state index contributed by atoms with van der Waals surface area (Å²) in [6, 6.07) is 0. The second kappa shape index (κ2) is 5.85. The molecule has 0 spiro atoms. The quantitative estimate of drug-likeness (QED) is 0.639. The van der Waals surface area contributed by atoms with Crippen LogP contribution in [0.3, 0.4) is 0 Å². The summed E-state index contributed by atoms with van der Waals surface area (Å²) >= 11 is 0. The fraction of sp³-hybridized carbons (Fsp3) is 0.692. The maximum Gasteiger partial charge on any atom is 0.391 e. The molecule has 4 nitrogen and oxygen atoms in total. The molecule has 7 heteroatoms. The van der Waals surface area contributed by atoms with E-state index < -0.39 is 29.6 Å². The number of ether oxygens (including phenoxy) is 1. The lowest BCUT2D eigenvalue weighted by Crippen LogP contribution is -2.38. The number of alkyl halides is 3. The monoisotopic (exact) mass is 294 g/mol. The second-order valence-electron chi connectivity index (χ2n) is 5.29. The molecule has 1 aliphatic rings. The number of aliphatic carboxylic acids is 1. The van der Waals surface area contributed by atoms with Crippen LogP contribution < -0.4 is 0 Å². The summed E-state index contributed by atoms with van der Waals surface area (Å²) in [7, 11) is 0. The Morgan fingerprint density at radius 1 is 1.35 bits per heavy atom. The number of halogens is 3. The van der Waals surface area contributed by atoms with E-state index in [2.05, 4.69) is 0 Å². The molecule has 0 amide bonds. The Morgan fingerprint density at radius 3 is 2.35 bits per heavy atom. The van der Waals surface area contributed by atoms with Gasteiger partial charge in [-0.2, -0.15) is 13.2 Å². The van der Waals surface area contributed by atoms with Crippen LogP contribution in [0.25, 0.3) is 0 Å². The van der Waals surface area contributed by atoms with Crippen LogP contribution in [0.15, 0.2) is 12.2 Å². The fourth-order valence-corrected chi connectivity index (χ4v) is 2.43. The van der Waals surface area contributed by atoms with E-state index in [0.717, 1.165) is 0 Å². The lowest BCUT2D eigenvalue weighted by atomic mass is 9.87. The predicted molar refractivity (Wildman–Crippen MR) is 63.8 cm³/mol. The van der Waals surface area contributed by atoms with Gasteiger partial charge in [-0.1, -0.05) is 13.8 Å². The number of esters is 1. The third kappa shape index (κ3) is 3.98. The largest absolute Gasteiger partial charge is 0.478 e. The average Bonchev–Trinajstić information content (AvgIpc) is 2.71. The zero-order chi connectivity index (χ0) is 15.6. The number of rotatable bonds is 4. The minimum atomic E-state index is -4.31. The molecule has 0 aromatic carbocycles. The Morgan fingerprint density at radius 2 is 1.95 bits per heavy atom. The molecule has 0 aromatic rings. The molecular formula is C13H17F3O4. The highest BCUT2D eigenvalue weighted by Crippen LogP contribution is 2.48. The summed E-state index contributed by atoms with van der Waals surface area (Å²) in [5.41, 5.74) is -1.18. The van der Waals surface area contributed by atoms with E-state index in [4.69, 9.17) is 9.84 Å². The highest BCUT2D eigenvalue weighted by atomic mass is 19.4. The van der Waals surface area contributed by atoms with E-state index in [-0.39, 0.29) is 25.2 Å². The zero-order valence-corrected chi connectivity index (χ0v) is 11.2. The van der Waals surface area contributed by atoms with E-state index in [0.29, 0.717) is 12.2 Å². The summed E-state index contributed by atoms with van der Waals surface area (Å²) in [5, 5.41) is 8.40. The van der Waals surface area contributed by atoms with Crippen LogP contribution in [0.4, 0.5) is 13.2 Å². The molecule has 1 fully saturated rings. The molecule has 20 heavy (non-hydrogen) atoms. The van der Waals surface area contributed by atoms with Gasteiger partial charge in [-0.15, -0.1) is 0 Å². The lowest BCUT2D eigenvalue weighted by Gasteiger charge is -2.33. The number of carbonyl (C=O) groups is 2. The van der Waals surface area contributed by atoms with Crippen molar-refractivity contribution in [2.75, 3.05) is 0 Å². The van der Waals surface area contributed by atoms with Gasteiger partial charge in [0.2, 0.25) is 0 Å². The first-order valence-corrected chi connectivity index (χ1v) is 6.27. The molecule has 0 heterocycles. The van der Waals surface area contributed by atoms with Crippen LogP contribution >= 0.6 is 0 Å². The lowest BCUT2D eigenvalue weighted by molar-refractivity contribution is -0.183. The first-order valence-electron chi connectivity index (χ1n) is 6.27. The van der Waals surface area contributed by atoms with Gasteiger partial charge in [0.15, 0.2) is 0 Å². The van der Waals surface area contributed by atoms with Gasteiger partial charge in [-0.05, 0) is 25.2 Å². The van der Waals surface area contributed by atoms with Crippen LogP contribution in [0.5, 0.6) is 0 Å². The number of carboxylic acid groups (broad SMARTS) is 1. The van der Waals surface area contributed by atoms with E-state index in [9.17, 15) is 22.8 Å². The van der Waals surface area contributed by atoms with Crippen molar-refractivity contribution in [2.24, 2.45) is 11.8 Å². The molecule has 1 saturated carbocycles. The Bertz CT molecular complexity index is 414. The summed E-state index contributed by atoms with van der Waals surface area (Å²) < 4.78 is 43.3. The molecule has 1 rings (SSSR count). The van der Waals surface area contributed by atoms with Crippen LogP contribution in [0, 0.1) is 11.8 Å². The first kappa shape index (κ1) is 16.5. The van der Waals surface area contributed by atoms with E-state index in [1.54, 1.807) is 13.8 Å². The van der Waals surface area contributed by atoms with Gasteiger partial charge in [0.1, 0.15) is 5.60 Å². The molecule has 2 unspecified atom stereocenters. The third-order valence-corrected chi connectivity index (χ3v) is 3.69. The van der Waals surface area contributed by atoms with Crippen molar-refractivity contribution in [3.63, 3.8) is 0 Å². The van der Waals surface area contributed by atoms with Crippen molar-refractivity contribution < 1.29 is 32.6 Å². The van der Waals surface area contributed by atoms with Crippen molar-refractivity contribution in [1.29, 1.82) is 0 Å². The number of carbonyl (C=O) groups excluding carboxylic acids is 1. The smallest absolute Gasteiger partial charge is 0.391 e. The summed E-state index contributed by atoms with van der Waals surface area (Å²) in [5.74, 6) is -4.01. The topological polar surface area (TPSA) is 63.6 Å².